The highest BCUT2D eigenvalue weighted by Gasteiger charge is 2.30. The lowest BCUT2D eigenvalue weighted by Crippen LogP contribution is -2.41. The zero-order valence-corrected chi connectivity index (χ0v) is 18.8. The molecule has 1 fully saturated rings. The number of benzene rings is 3. The van der Waals surface area contributed by atoms with Gasteiger partial charge in [0.2, 0.25) is 5.91 Å². The first-order valence-electron chi connectivity index (χ1n) is 11.1. The van der Waals surface area contributed by atoms with Crippen LogP contribution in [0, 0.1) is 0 Å². The Kier molecular flexibility index (Phi) is 7.48. The minimum absolute atomic E-state index is 0.130. The predicted octanol–water partition coefficient (Wildman–Crippen LogP) is 4.90. The molecule has 182 valence electrons. The number of hydrogen-bond donors (Lipinski definition) is 2. The molecule has 0 aromatic heterocycles. The Labute approximate surface area is 200 Å². The number of nitrogens with one attached hydrogen (secondary N) is 2. The third-order valence-electron chi connectivity index (χ3n) is 5.59. The fourth-order valence-electron chi connectivity index (χ4n) is 3.77. The van der Waals surface area contributed by atoms with E-state index in [1.54, 1.807) is 48.5 Å². The maximum atomic E-state index is 12.9. The van der Waals surface area contributed by atoms with Crippen LogP contribution in [0.15, 0.2) is 72.8 Å². The van der Waals surface area contributed by atoms with E-state index in [1.807, 2.05) is 4.90 Å². The summed E-state index contributed by atoms with van der Waals surface area (Å²) in [4.78, 5) is 27.2. The number of nitrogens with zero attached hydrogens (tertiary/aromatic N) is 1. The highest BCUT2D eigenvalue weighted by molar-refractivity contribution is 6.08. The van der Waals surface area contributed by atoms with Crippen molar-refractivity contribution >= 4 is 23.2 Å². The molecule has 3 aromatic rings. The van der Waals surface area contributed by atoms with E-state index >= 15 is 0 Å². The number of ether oxygens (including phenoxy) is 1. The molecule has 1 aliphatic heterocycles. The molecule has 1 heterocycles. The molecule has 0 atom stereocenters. The van der Waals surface area contributed by atoms with Crippen LogP contribution in [0.2, 0.25) is 0 Å². The van der Waals surface area contributed by atoms with Gasteiger partial charge in [0, 0.05) is 30.0 Å². The van der Waals surface area contributed by atoms with Gasteiger partial charge in [-0.05, 0) is 53.6 Å². The lowest BCUT2D eigenvalue weighted by Gasteiger charge is -2.25. The van der Waals surface area contributed by atoms with Gasteiger partial charge in [0.1, 0.15) is 0 Å². The number of morpholine rings is 1. The Morgan fingerprint density at radius 2 is 1.43 bits per heavy atom. The van der Waals surface area contributed by atoms with Gasteiger partial charge in [-0.15, -0.1) is 0 Å². The summed E-state index contributed by atoms with van der Waals surface area (Å²) in [6.07, 6.45) is -4.43. The second-order valence-electron chi connectivity index (χ2n) is 8.09. The number of carbonyl (C=O) groups excluding carboxylic acids is 2. The molecule has 0 bridgehead atoms. The van der Waals surface area contributed by atoms with Crippen LogP contribution >= 0.6 is 0 Å². The number of hydrogen-bond acceptors (Lipinski definition) is 4. The van der Waals surface area contributed by atoms with Crippen molar-refractivity contribution in [1.29, 1.82) is 0 Å². The molecular formula is C26H24F3N3O3. The van der Waals surface area contributed by atoms with E-state index < -0.39 is 17.6 Å². The largest absolute Gasteiger partial charge is 0.416 e. The first-order valence-corrected chi connectivity index (χ1v) is 11.1. The second kappa shape index (κ2) is 10.7. The van der Waals surface area contributed by atoms with Gasteiger partial charge in [0.25, 0.3) is 5.91 Å². The van der Waals surface area contributed by atoms with Crippen LogP contribution < -0.4 is 10.6 Å². The van der Waals surface area contributed by atoms with Gasteiger partial charge in [-0.25, -0.2) is 0 Å². The molecule has 1 saturated heterocycles. The van der Waals surface area contributed by atoms with E-state index in [4.69, 9.17) is 4.74 Å². The van der Waals surface area contributed by atoms with Crippen molar-refractivity contribution in [3.8, 4) is 11.1 Å². The molecule has 9 heteroatoms. The van der Waals surface area contributed by atoms with Gasteiger partial charge >= 0.3 is 6.18 Å². The highest BCUT2D eigenvalue weighted by atomic mass is 19.4. The number of carbonyl (C=O) groups is 2. The summed E-state index contributed by atoms with van der Waals surface area (Å²) in [7, 11) is 0. The Morgan fingerprint density at radius 1 is 0.829 bits per heavy atom. The summed E-state index contributed by atoms with van der Waals surface area (Å²) in [6, 6.07) is 18.1. The quantitative estimate of drug-likeness (QED) is 0.524. The van der Waals surface area contributed by atoms with Crippen molar-refractivity contribution in [3.05, 3.63) is 83.9 Å². The van der Waals surface area contributed by atoms with E-state index in [-0.39, 0.29) is 12.5 Å². The molecule has 0 aliphatic carbocycles. The van der Waals surface area contributed by atoms with E-state index in [2.05, 4.69) is 10.6 Å². The molecule has 3 aromatic carbocycles. The molecule has 4 rings (SSSR count). The zero-order chi connectivity index (χ0) is 24.8. The van der Waals surface area contributed by atoms with E-state index in [9.17, 15) is 22.8 Å². The van der Waals surface area contributed by atoms with Gasteiger partial charge < -0.3 is 15.4 Å². The molecule has 6 nitrogen and oxygen atoms in total. The summed E-state index contributed by atoms with van der Waals surface area (Å²) in [5.41, 5.74) is 1.72. The summed E-state index contributed by atoms with van der Waals surface area (Å²) in [6.45, 7) is 2.94. The molecular weight excluding hydrogens is 459 g/mol. The first kappa shape index (κ1) is 24.4. The molecule has 0 saturated carbocycles. The van der Waals surface area contributed by atoms with Crippen molar-refractivity contribution in [2.24, 2.45) is 0 Å². The van der Waals surface area contributed by atoms with Crippen LogP contribution in [-0.4, -0.2) is 49.6 Å². The molecule has 2 amide bonds. The Balaban J connectivity index is 1.40. The number of rotatable bonds is 6. The smallest absolute Gasteiger partial charge is 0.379 e. The molecule has 2 N–H and O–H groups in total. The topological polar surface area (TPSA) is 70.7 Å². The fourth-order valence-corrected chi connectivity index (χ4v) is 3.77. The van der Waals surface area contributed by atoms with Gasteiger partial charge in [-0.1, -0.05) is 30.3 Å². The molecule has 0 radical (unpaired) electrons. The molecule has 35 heavy (non-hydrogen) atoms. The van der Waals surface area contributed by atoms with Crippen molar-refractivity contribution < 1.29 is 27.5 Å². The second-order valence-corrected chi connectivity index (χ2v) is 8.09. The number of alkyl halides is 3. The van der Waals surface area contributed by atoms with Crippen molar-refractivity contribution in [1.82, 2.24) is 4.90 Å². The minimum atomic E-state index is -4.43. The van der Waals surface area contributed by atoms with Crippen molar-refractivity contribution in [3.63, 3.8) is 0 Å². The van der Waals surface area contributed by atoms with Crippen LogP contribution in [0.5, 0.6) is 0 Å². The summed E-state index contributed by atoms with van der Waals surface area (Å²) >= 11 is 0. The van der Waals surface area contributed by atoms with E-state index in [0.717, 1.165) is 12.1 Å². The van der Waals surface area contributed by atoms with E-state index in [1.165, 1.54) is 12.1 Å². The van der Waals surface area contributed by atoms with E-state index in [0.29, 0.717) is 54.4 Å². The van der Waals surface area contributed by atoms with Crippen LogP contribution in [0.3, 0.4) is 0 Å². The SMILES string of the molecule is O=C(CN1CCOCC1)Nc1ccc(NC(=O)c2ccccc2-c2ccc(C(F)(F)F)cc2)cc1. The normalized spacial score (nSPS) is 14.4. The van der Waals surface area contributed by atoms with Gasteiger partial charge in [0.05, 0.1) is 25.3 Å². The monoisotopic (exact) mass is 483 g/mol. The van der Waals surface area contributed by atoms with Gasteiger partial charge in [0.15, 0.2) is 0 Å². The highest BCUT2D eigenvalue weighted by Crippen LogP contribution is 2.32. The summed E-state index contributed by atoms with van der Waals surface area (Å²) in [5, 5.41) is 5.63. The fraction of sp³-hybridized carbons (Fsp3) is 0.231. The maximum Gasteiger partial charge on any atom is 0.416 e. The van der Waals surface area contributed by atoms with Crippen LogP contribution in [0.1, 0.15) is 15.9 Å². The zero-order valence-electron chi connectivity index (χ0n) is 18.8. The lowest BCUT2D eigenvalue weighted by molar-refractivity contribution is -0.137. The van der Waals surface area contributed by atoms with Gasteiger partial charge in [-0.2, -0.15) is 13.2 Å². The van der Waals surface area contributed by atoms with Crippen LogP contribution in [0.25, 0.3) is 11.1 Å². The number of anilines is 2. The van der Waals surface area contributed by atoms with Crippen molar-refractivity contribution in [2.75, 3.05) is 43.5 Å². The minimum Gasteiger partial charge on any atom is -0.379 e. The summed E-state index contributed by atoms with van der Waals surface area (Å²) in [5.74, 6) is -0.529. The number of halogens is 3. The lowest BCUT2D eigenvalue weighted by atomic mass is 9.98. The average Bonchev–Trinajstić information content (AvgIpc) is 2.85. The first-order chi connectivity index (χ1) is 16.8. The maximum absolute atomic E-state index is 12.9. The van der Waals surface area contributed by atoms with Crippen LogP contribution in [-0.2, 0) is 15.7 Å². The van der Waals surface area contributed by atoms with Crippen molar-refractivity contribution in [2.45, 2.75) is 6.18 Å². The van der Waals surface area contributed by atoms with Gasteiger partial charge in [-0.3, -0.25) is 14.5 Å². The third kappa shape index (κ3) is 6.46. The van der Waals surface area contributed by atoms with Crippen LogP contribution in [0.4, 0.5) is 24.5 Å². The standard InChI is InChI=1S/C26H24F3N3O3/c27-26(28,29)19-7-5-18(6-8-19)22-3-1-2-4-23(22)25(34)31-21-11-9-20(10-12-21)30-24(33)17-32-13-15-35-16-14-32/h1-12H,13-17H2,(H,30,33)(H,31,34). The Bertz CT molecular complexity index is 1170. The Hall–Kier alpha value is -3.69. The number of amides is 2. The molecule has 0 spiro atoms. The average molecular weight is 483 g/mol. The molecule has 1 aliphatic rings. The Morgan fingerprint density at radius 3 is 2.06 bits per heavy atom. The predicted molar refractivity (Wildman–Crippen MR) is 127 cm³/mol. The summed E-state index contributed by atoms with van der Waals surface area (Å²) < 4.78 is 43.9. The third-order valence-corrected chi connectivity index (χ3v) is 5.59. The molecule has 0 unspecified atom stereocenters.